The zero-order valence-electron chi connectivity index (χ0n) is 22.7. The number of anilines is 2. The minimum atomic E-state index is -0.642. The molecule has 4 N–H and O–H groups in total. The van der Waals surface area contributed by atoms with E-state index in [1.165, 1.54) is 11.0 Å². The van der Waals surface area contributed by atoms with Gasteiger partial charge in [0.05, 0.1) is 17.9 Å². The molecule has 37 heavy (non-hydrogen) atoms. The van der Waals surface area contributed by atoms with Crippen LogP contribution in [0.15, 0.2) is 36.4 Å². The Kier molecular flexibility index (Phi) is 11.2. The summed E-state index contributed by atoms with van der Waals surface area (Å²) in [5.74, 6) is -0.770. The molecule has 0 fully saturated rings. The lowest BCUT2D eigenvalue weighted by molar-refractivity contribution is -0.131. The van der Waals surface area contributed by atoms with E-state index in [-0.39, 0.29) is 30.0 Å². The number of aryl methyl sites for hydroxylation is 2. The maximum absolute atomic E-state index is 12.4. The summed E-state index contributed by atoms with van der Waals surface area (Å²) in [4.78, 5) is 48.9. The van der Waals surface area contributed by atoms with Crippen molar-refractivity contribution in [3.63, 3.8) is 0 Å². The van der Waals surface area contributed by atoms with Gasteiger partial charge in [-0.05, 0) is 50.6 Å². The van der Waals surface area contributed by atoms with E-state index in [0.29, 0.717) is 31.7 Å². The summed E-state index contributed by atoms with van der Waals surface area (Å²) in [5.41, 5.74) is 8.96. The fourth-order valence-electron chi connectivity index (χ4n) is 3.62. The lowest BCUT2D eigenvalue weighted by Crippen LogP contribution is -2.39. The molecule has 1 aromatic heterocycles. The van der Waals surface area contributed by atoms with Crippen LogP contribution in [0.5, 0.6) is 0 Å². The number of carbonyl (C=O) groups excluding carboxylic acids is 3. The molecule has 200 valence electrons. The normalized spacial score (nSPS) is 12.0. The zero-order valence-corrected chi connectivity index (χ0v) is 22.7. The SMILES string of the molecule is CCc1nc(Nc2cccc(C(C)CNC(=O)CN(C)C(=O)C=CCN(C)C)c2)c(C(N)=O)nc1CC. The molecule has 0 radical (unpaired) electrons. The molecular formula is C27H39N7O3. The van der Waals surface area contributed by atoms with Crippen molar-refractivity contribution >= 4 is 29.2 Å². The van der Waals surface area contributed by atoms with Crippen LogP contribution in [-0.4, -0.2) is 78.3 Å². The standard InChI is InChI=1S/C27H39N7O3/c1-7-21-22(8-2)32-27(25(31-21)26(28)37)30-20-12-9-11-19(15-20)18(3)16-29-23(35)17-34(6)24(36)13-10-14-33(4)5/h9-13,15,18H,7-8,14,16-17H2,1-6H3,(H2,28,37)(H,29,35)(H,30,32). The lowest BCUT2D eigenvalue weighted by Gasteiger charge is -2.18. The van der Waals surface area contributed by atoms with Gasteiger partial charge in [0, 0.05) is 31.9 Å². The van der Waals surface area contributed by atoms with E-state index in [4.69, 9.17) is 5.73 Å². The van der Waals surface area contributed by atoms with E-state index in [1.54, 1.807) is 13.1 Å². The molecule has 10 heteroatoms. The second kappa shape index (κ2) is 14.1. The molecule has 10 nitrogen and oxygen atoms in total. The molecule has 2 aromatic rings. The van der Waals surface area contributed by atoms with Crippen LogP contribution in [0.3, 0.4) is 0 Å². The van der Waals surface area contributed by atoms with Crippen molar-refractivity contribution in [2.45, 2.75) is 39.5 Å². The monoisotopic (exact) mass is 509 g/mol. The van der Waals surface area contributed by atoms with Crippen molar-refractivity contribution in [1.82, 2.24) is 25.1 Å². The van der Waals surface area contributed by atoms with Crippen LogP contribution in [0.4, 0.5) is 11.5 Å². The number of hydrogen-bond donors (Lipinski definition) is 3. The fourth-order valence-corrected chi connectivity index (χ4v) is 3.62. The summed E-state index contributed by atoms with van der Waals surface area (Å²) < 4.78 is 0. The molecule has 1 unspecified atom stereocenters. The number of nitrogens with two attached hydrogens (primary N) is 1. The van der Waals surface area contributed by atoms with Gasteiger partial charge in [0.25, 0.3) is 5.91 Å². The first kappa shape index (κ1) is 29.4. The predicted octanol–water partition coefficient (Wildman–Crippen LogP) is 2.24. The molecule has 0 bridgehead atoms. The van der Waals surface area contributed by atoms with Crippen molar-refractivity contribution < 1.29 is 14.4 Å². The van der Waals surface area contributed by atoms with Gasteiger partial charge in [-0.25, -0.2) is 9.97 Å². The molecule has 3 amide bonds. The van der Waals surface area contributed by atoms with Gasteiger partial charge in [0.1, 0.15) is 0 Å². The van der Waals surface area contributed by atoms with Crippen LogP contribution < -0.4 is 16.4 Å². The van der Waals surface area contributed by atoms with Crippen molar-refractivity contribution in [1.29, 1.82) is 0 Å². The van der Waals surface area contributed by atoms with Gasteiger partial charge >= 0.3 is 0 Å². The Labute approximate surface area is 219 Å². The number of rotatable bonds is 13. The van der Waals surface area contributed by atoms with E-state index < -0.39 is 5.91 Å². The highest BCUT2D eigenvalue weighted by atomic mass is 16.2. The number of aromatic nitrogens is 2. The Bertz CT molecular complexity index is 1130. The Hall–Kier alpha value is -3.79. The fraction of sp³-hybridized carbons (Fsp3) is 0.444. The van der Waals surface area contributed by atoms with Crippen LogP contribution in [0, 0.1) is 0 Å². The highest BCUT2D eigenvalue weighted by molar-refractivity contribution is 5.96. The summed E-state index contributed by atoms with van der Waals surface area (Å²) in [5, 5.41) is 6.08. The van der Waals surface area contributed by atoms with E-state index in [9.17, 15) is 14.4 Å². The van der Waals surface area contributed by atoms with Crippen molar-refractivity contribution in [3.8, 4) is 0 Å². The Balaban J connectivity index is 2.03. The smallest absolute Gasteiger partial charge is 0.271 e. The summed E-state index contributed by atoms with van der Waals surface area (Å²) in [6.07, 6.45) is 4.58. The van der Waals surface area contributed by atoms with Crippen LogP contribution in [0.25, 0.3) is 0 Å². The van der Waals surface area contributed by atoms with E-state index in [2.05, 4.69) is 20.6 Å². The van der Waals surface area contributed by atoms with E-state index in [0.717, 1.165) is 22.6 Å². The Morgan fingerprint density at radius 2 is 1.76 bits per heavy atom. The Morgan fingerprint density at radius 1 is 1.08 bits per heavy atom. The minimum Gasteiger partial charge on any atom is -0.364 e. The summed E-state index contributed by atoms with van der Waals surface area (Å²) in [7, 11) is 5.43. The minimum absolute atomic E-state index is 0.00191. The maximum Gasteiger partial charge on any atom is 0.271 e. The largest absolute Gasteiger partial charge is 0.364 e. The van der Waals surface area contributed by atoms with Gasteiger partial charge in [-0.2, -0.15) is 0 Å². The van der Waals surface area contributed by atoms with Gasteiger partial charge < -0.3 is 26.2 Å². The van der Waals surface area contributed by atoms with E-state index >= 15 is 0 Å². The zero-order chi connectivity index (χ0) is 27.5. The third-order valence-corrected chi connectivity index (χ3v) is 5.77. The van der Waals surface area contributed by atoms with Gasteiger partial charge in [0.15, 0.2) is 11.5 Å². The molecule has 0 aliphatic rings. The van der Waals surface area contributed by atoms with Crippen LogP contribution in [0.2, 0.25) is 0 Å². The number of carbonyl (C=O) groups is 3. The molecule has 1 atom stereocenters. The number of hydrogen-bond acceptors (Lipinski definition) is 7. The number of nitrogens with one attached hydrogen (secondary N) is 2. The molecule has 1 heterocycles. The molecular weight excluding hydrogens is 470 g/mol. The van der Waals surface area contributed by atoms with Gasteiger partial charge in [-0.3, -0.25) is 14.4 Å². The average Bonchev–Trinajstić information content (AvgIpc) is 2.86. The number of benzene rings is 1. The van der Waals surface area contributed by atoms with Crippen molar-refractivity contribution in [2.75, 3.05) is 46.1 Å². The first-order chi connectivity index (χ1) is 17.5. The van der Waals surface area contributed by atoms with E-state index in [1.807, 2.05) is 64.0 Å². The molecule has 0 spiro atoms. The summed E-state index contributed by atoms with van der Waals surface area (Å²) >= 11 is 0. The molecule has 0 aliphatic carbocycles. The van der Waals surface area contributed by atoms with Crippen LogP contribution in [0.1, 0.15) is 54.1 Å². The third-order valence-electron chi connectivity index (χ3n) is 5.77. The number of likely N-dealkylation sites (N-methyl/N-ethyl adjacent to an activating group) is 2. The summed E-state index contributed by atoms with van der Waals surface area (Å²) in [6, 6.07) is 7.66. The second-order valence-electron chi connectivity index (χ2n) is 9.20. The quantitative estimate of drug-likeness (QED) is 0.353. The maximum atomic E-state index is 12.4. The molecule has 1 aromatic carbocycles. The van der Waals surface area contributed by atoms with Gasteiger partial charge in [-0.15, -0.1) is 0 Å². The molecule has 2 rings (SSSR count). The topological polar surface area (TPSA) is 134 Å². The highest BCUT2D eigenvalue weighted by Crippen LogP contribution is 2.24. The van der Waals surface area contributed by atoms with Crippen LogP contribution >= 0.6 is 0 Å². The predicted molar refractivity (Wildman–Crippen MR) is 146 cm³/mol. The highest BCUT2D eigenvalue weighted by Gasteiger charge is 2.17. The second-order valence-corrected chi connectivity index (χ2v) is 9.20. The summed E-state index contributed by atoms with van der Waals surface area (Å²) in [6.45, 7) is 6.97. The molecule has 0 saturated heterocycles. The first-order valence-corrected chi connectivity index (χ1v) is 12.4. The Morgan fingerprint density at radius 3 is 2.38 bits per heavy atom. The average molecular weight is 510 g/mol. The lowest BCUT2D eigenvalue weighted by atomic mass is 10.0. The number of amides is 3. The van der Waals surface area contributed by atoms with Crippen molar-refractivity contribution in [2.24, 2.45) is 5.73 Å². The number of nitrogens with zero attached hydrogens (tertiary/aromatic N) is 4. The van der Waals surface area contributed by atoms with Crippen molar-refractivity contribution in [3.05, 3.63) is 59.1 Å². The number of primary amides is 1. The molecule has 0 aliphatic heterocycles. The van der Waals surface area contributed by atoms with Gasteiger partial charge in [-0.1, -0.05) is 39.0 Å². The molecule has 0 saturated carbocycles. The first-order valence-electron chi connectivity index (χ1n) is 12.4. The van der Waals surface area contributed by atoms with Crippen LogP contribution in [-0.2, 0) is 22.4 Å². The van der Waals surface area contributed by atoms with Gasteiger partial charge in [0.2, 0.25) is 11.8 Å². The third kappa shape index (κ3) is 8.98.